The highest BCUT2D eigenvalue weighted by atomic mass is 32.1. The van der Waals surface area contributed by atoms with Gasteiger partial charge in [0.25, 0.3) is 0 Å². The second-order valence-electron chi connectivity index (χ2n) is 4.98. The number of nitroso groups, excluding NO2 is 1. The summed E-state index contributed by atoms with van der Waals surface area (Å²) in [7, 11) is 0. The molecule has 0 spiro atoms. The second kappa shape index (κ2) is 4.92. The highest BCUT2D eigenvalue weighted by Crippen LogP contribution is 2.41. The van der Waals surface area contributed by atoms with Gasteiger partial charge in [-0.15, -0.1) is 16.2 Å². The lowest BCUT2D eigenvalue weighted by molar-refractivity contribution is 0.484. The van der Waals surface area contributed by atoms with Crippen molar-refractivity contribution in [2.75, 3.05) is 0 Å². The molecule has 0 unspecified atom stereocenters. The minimum absolute atomic E-state index is 0.132. The van der Waals surface area contributed by atoms with E-state index in [2.05, 4.69) is 10.2 Å². The van der Waals surface area contributed by atoms with Crippen LogP contribution in [0, 0.1) is 4.91 Å². The summed E-state index contributed by atoms with van der Waals surface area (Å²) in [6, 6.07) is 11.2. The molecule has 0 aliphatic carbocycles. The van der Waals surface area contributed by atoms with Gasteiger partial charge in [0.05, 0.1) is 12.9 Å². The molecule has 5 nitrogen and oxygen atoms in total. The van der Waals surface area contributed by atoms with Gasteiger partial charge < -0.3 is 9.67 Å². The molecule has 0 aliphatic rings. The molecule has 1 N–H and O–H groups in total. The van der Waals surface area contributed by atoms with E-state index in [0.29, 0.717) is 28.4 Å². The van der Waals surface area contributed by atoms with Crippen molar-refractivity contribution in [3.05, 3.63) is 57.9 Å². The van der Waals surface area contributed by atoms with E-state index in [1.807, 2.05) is 34.2 Å². The first-order valence-electron chi connectivity index (χ1n) is 6.74. The molecule has 4 aromatic rings. The summed E-state index contributed by atoms with van der Waals surface area (Å²) >= 11 is 1.63. The largest absolute Gasteiger partial charge is 0.505 e. The van der Waals surface area contributed by atoms with Gasteiger partial charge in [-0.1, -0.05) is 30.3 Å². The van der Waals surface area contributed by atoms with Crippen molar-refractivity contribution < 1.29 is 5.11 Å². The highest BCUT2D eigenvalue weighted by Gasteiger charge is 2.18. The number of aromatic hydroxyl groups is 1. The predicted molar refractivity (Wildman–Crippen MR) is 87.8 cm³/mol. The number of thiophene rings is 1. The van der Waals surface area contributed by atoms with E-state index in [1.165, 1.54) is 0 Å². The van der Waals surface area contributed by atoms with Crippen molar-refractivity contribution in [2.24, 2.45) is 5.18 Å². The van der Waals surface area contributed by atoms with Crippen LogP contribution in [-0.2, 0) is 6.54 Å². The Balaban J connectivity index is 2.06. The van der Waals surface area contributed by atoms with E-state index in [-0.39, 0.29) is 11.4 Å². The first-order chi connectivity index (χ1) is 10.8. The van der Waals surface area contributed by atoms with Gasteiger partial charge in [-0.2, -0.15) is 0 Å². The third kappa shape index (κ3) is 1.81. The molecule has 0 bridgehead atoms. The van der Waals surface area contributed by atoms with E-state index in [1.54, 1.807) is 29.8 Å². The van der Waals surface area contributed by atoms with Gasteiger partial charge in [-0.05, 0) is 16.6 Å². The maximum atomic E-state index is 11.3. The van der Waals surface area contributed by atoms with Crippen LogP contribution in [0.2, 0.25) is 0 Å². The van der Waals surface area contributed by atoms with Gasteiger partial charge in [0.2, 0.25) is 0 Å². The quantitative estimate of drug-likeness (QED) is 0.570. The first-order valence-corrected chi connectivity index (χ1v) is 7.62. The lowest BCUT2D eigenvalue weighted by atomic mass is 10.1. The van der Waals surface area contributed by atoms with Crippen molar-refractivity contribution in [3.8, 4) is 5.75 Å². The third-order valence-corrected chi connectivity index (χ3v) is 4.58. The Bertz CT molecular complexity index is 990. The Morgan fingerprint density at radius 1 is 1.18 bits per heavy atom. The van der Waals surface area contributed by atoms with Crippen LogP contribution in [0.3, 0.4) is 0 Å². The van der Waals surface area contributed by atoms with Crippen LogP contribution in [0.1, 0.15) is 4.88 Å². The maximum absolute atomic E-state index is 11.3. The van der Waals surface area contributed by atoms with Crippen LogP contribution in [0.25, 0.3) is 21.8 Å². The van der Waals surface area contributed by atoms with Crippen molar-refractivity contribution in [1.29, 1.82) is 0 Å². The van der Waals surface area contributed by atoms with Gasteiger partial charge in [0.15, 0.2) is 0 Å². The maximum Gasteiger partial charge on any atom is 0.149 e. The lowest BCUT2D eigenvalue weighted by Gasteiger charge is -2.08. The molecule has 0 amide bonds. The topological polar surface area (TPSA) is 67.5 Å². The number of hydrogen-bond donors (Lipinski definition) is 1. The minimum Gasteiger partial charge on any atom is -0.505 e. The number of nitrogens with zero attached hydrogens (tertiary/aromatic N) is 3. The number of hydrogen-bond acceptors (Lipinski definition) is 5. The number of aromatic nitrogens is 2. The fourth-order valence-electron chi connectivity index (χ4n) is 2.74. The fraction of sp³-hybridized carbons (Fsp3) is 0.0625. The zero-order chi connectivity index (χ0) is 15.1. The van der Waals surface area contributed by atoms with Crippen LogP contribution in [-0.4, -0.2) is 14.7 Å². The van der Waals surface area contributed by atoms with E-state index in [9.17, 15) is 10.0 Å². The van der Waals surface area contributed by atoms with Crippen LogP contribution in [0.5, 0.6) is 5.75 Å². The minimum atomic E-state index is 0.132. The average molecular weight is 309 g/mol. The van der Waals surface area contributed by atoms with Gasteiger partial charge in [0, 0.05) is 15.6 Å². The molecule has 22 heavy (non-hydrogen) atoms. The molecule has 0 saturated heterocycles. The van der Waals surface area contributed by atoms with Gasteiger partial charge in [-0.25, -0.2) is 4.98 Å². The van der Waals surface area contributed by atoms with Crippen molar-refractivity contribution in [3.63, 3.8) is 0 Å². The van der Waals surface area contributed by atoms with Crippen LogP contribution in [0.4, 0.5) is 5.69 Å². The molecule has 6 heteroatoms. The molecule has 2 heterocycles. The van der Waals surface area contributed by atoms with Crippen molar-refractivity contribution >= 4 is 38.8 Å². The molecular weight excluding hydrogens is 298 g/mol. The van der Waals surface area contributed by atoms with E-state index in [0.717, 1.165) is 4.88 Å². The monoisotopic (exact) mass is 309 g/mol. The van der Waals surface area contributed by atoms with Gasteiger partial charge >= 0.3 is 0 Å². The molecule has 4 rings (SSSR count). The standard InChI is InChI=1S/C16H11N3O2S/c20-16-12-6-2-1-5-11(12)13(18-21)14-15(16)19(9-17-14)8-10-4-3-7-22-10/h1-7,9,20H,8H2. The first kappa shape index (κ1) is 13.0. The van der Waals surface area contributed by atoms with Gasteiger partial charge in [-0.3, -0.25) is 0 Å². The fourth-order valence-corrected chi connectivity index (χ4v) is 3.44. The van der Waals surface area contributed by atoms with Crippen LogP contribution in [0.15, 0.2) is 53.3 Å². The summed E-state index contributed by atoms with van der Waals surface area (Å²) < 4.78 is 1.84. The Hall–Kier alpha value is -2.73. The summed E-state index contributed by atoms with van der Waals surface area (Å²) in [4.78, 5) is 16.7. The number of benzene rings is 2. The number of rotatable bonds is 3. The zero-order valence-corrected chi connectivity index (χ0v) is 12.2. The lowest BCUT2D eigenvalue weighted by Crippen LogP contribution is -1.96. The summed E-state index contributed by atoms with van der Waals surface area (Å²) in [6.07, 6.45) is 1.64. The predicted octanol–water partition coefficient (Wildman–Crippen LogP) is 4.40. The molecular formula is C16H11N3O2S. The van der Waals surface area contributed by atoms with Crippen molar-refractivity contribution in [1.82, 2.24) is 9.55 Å². The Labute approximate surface area is 129 Å². The van der Waals surface area contributed by atoms with E-state index in [4.69, 9.17) is 0 Å². The molecule has 0 radical (unpaired) electrons. The Morgan fingerprint density at radius 2 is 2.00 bits per heavy atom. The third-order valence-electron chi connectivity index (χ3n) is 3.72. The number of phenols is 1. The molecule has 2 aromatic carbocycles. The summed E-state index contributed by atoms with van der Waals surface area (Å²) in [5, 5.41) is 17.0. The second-order valence-corrected chi connectivity index (χ2v) is 6.02. The van der Waals surface area contributed by atoms with Crippen LogP contribution < -0.4 is 0 Å². The van der Waals surface area contributed by atoms with E-state index >= 15 is 0 Å². The molecule has 2 aromatic heterocycles. The molecule has 0 atom stereocenters. The highest BCUT2D eigenvalue weighted by molar-refractivity contribution is 7.09. The number of phenolic OH excluding ortho intramolecular Hbond substituents is 1. The smallest absolute Gasteiger partial charge is 0.149 e. The van der Waals surface area contributed by atoms with E-state index < -0.39 is 0 Å². The normalized spacial score (nSPS) is 11.3. The SMILES string of the molecule is O=Nc1c2ccccc2c(O)c2c1ncn2Cc1cccs1. The summed E-state index contributed by atoms with van der Waals surface area (Å²) in [5.74, 6) is 0.132. The van der Waals surface area contributed by atoms with Crippen LogP contribution >= 0.6 is 11.3 Å². The number of fused-ring (bicyclic) bond motifs is 2. The Morgan fingerprint density at radius 3 is 2.73 bits per heavy atom. The summed E-state index contributed by atoms with van der Waals surface area (Å²) in [5.41, 5.74) is 1.25. The van der Waals surface area contributed by atoms with Gasteiger partial charge in [0.1, 0.15) is 22.5 Å². The molecule has 0 fully saturated rings. The Kier molecular flexibility index (Phi) is 2.90. The molecule has 108 valence electrons. The molecule has 0 aliphatic heterocycles. The zero-order valence-electron chi connectivity index (χ0n) is 11.4. The number of imidazole rings is 1. The molecule has 0 saturated carbocycles. The average Bonchev–Trinajstić information content (AvgIpc) is 3.19. The van der Waals surface area contributed by atoms with Crippen molar-refractivity contribution in [2.45, 2.75) is 6.54 Å². The summed E-state index contributed by atoms with van der Waals surface area (Å²) in [6.45, 7) is 0.596.